The highest BCUT2D eigenvalue weighted by atomic mass is 19.3. The number of likely N-dealkylation sites (tertiary alicyclic amines) is 2. The molecule has 1 amide bonds. The fourth-order valence-corrected chi connectivity index (χ4v) is 3.47. The molecule has 0 aromatic carbocycles. The minimum atomic E-state index is -2.62. The quantitative estimate of drug-likeness (QED) is 0.830. The summed E-state index contributed by atoms with van der Waals surface area (Å²) in [6.45, 7) is 6.35. The minimum absolute atomic E-state index is 0.00796. The van der Waals surface area contributed by atoms with E-state index in [4.69, 9.17) is 4.52 Å². The third-order valence-electron chi connectivity index (χ3n) is 5.02. The monoisotopic (exact) mass is 356 g/mol. The number of carbonyl (C=O) groups is 1. The van der Waals surface area contributed by atoms with Crippen LogP contribution in [0.1, 0.15) is 57.2 Å². The SMILES string of the molecule is CC(C)c1noc(CN2CCCC(C(=O)N3CCC(F)(F)CC3)C2)n1. The molecule has 0 N–H and O–H groups in total. The van der Waals surface area contributed by atoms with Crippen molar-refractivity contribution in [2.45, 2.75) is 57.9 Å². The fraction of sp³-hybridized carbons (Fsp3) is 0.824. The molecule has 2 aliphatic rings. The molecule has 0 bridgehead atoms. The van der Waals surface area contributed by atoms with Crippen LogP contribution in [0.25, 0.3) is 0 Å². The highest BCUT2D eigenvalue weighted by molar-refractivity contribution is 5.79. The molecule has 2 fully saturated rings. The highest BCUT2D eigenvalue weighted by Gasteiger charge is 2.38. The summed E-state index contributed by atoms with van der Waals surface area (Å²) in [6, 6.07) is 0. The number of carbonyl (C=O) groups excluding carboxylic acids is 1. The molecule has 0 saturated carbocycles. The van der Waals surface area contributed by atoms with Gasteiger partial charge in [0, 0.05) is 38.4 Å². The molecule has 1 aromatic rings. The largest absolute Gasteiger partial charge is 0.342 e. The second-order valence-corrected chi connectivity index (χ2v) is 7.46. The number of alkyl halides is 2. The van der Waals surface area contributed by atoms with E-state index in [1.807, 2.05) is 13.8 Å². The molecule has 1 aromatic heterocycles. The molecule has 0 aliphatic carbocycles. The lowest BCUT2D eigenvalue weighted by molar-refractivity contribution is -0.143. The summed E-state index contributed by atoms with van der Waals surface area (Å²) in [5.74, 6) is -1.28. The van der Waals surface area contributed by atoms with Crippen molar-refractivity contribution in [2.24, 2.45) is 5.92 Å². The number of nitrogens with zero attached hydrogens (tertiary/aromatic N) is 4. The van der Waals surface area contributed by atoms with Gasteiger partial charge in [0.25, 0.3) is 5.92 Å². The van der Waals surface area contributed by atoms with Gasteiger partial charge < -0.3 is 9.42 Å². The van der Waals surface area contributed by atoms with Gasteiger partial charge in [0.15, 0.2) is 5.82 Å². The van der Waals surface area contributed by atoms with Gasteiger partial charge in [0.1, 0.15) is 0 Å². The van der Waals surface area contributed by atoms with E-state index in [9.17, 15) is 13.6 Å². The van der Waals surface area contributed by atoms with Crippen molar-refractivity contribution in [3.63, 3.8) is 0 Å². The first-order valence-electron chi connectivity index (χ1n) is 9.05. The third kappa shape index (κ3) is 4.54. The van der Waals surface area contributed by atoms with E-state index < -0.39 is 5.92 Å². The second-order valence-electron chi connectivity index (χ2n) is 7.46. The smallest absolute Gasteiger partial charge is 0.251 e. The van der Waals surface area contributed by atoms with Gasteiger partial charge in [0.2, 0.25) is 11.8 Å². The minimum Gasteiger partial charge on any atom is -0.342 e. The summed E-state index contributed by atoms with van der Waals surface area (Å²) in [7, 11) is 0. The molecule has 0 spiro atoms. The predicted octanol–water partition coefficient (Wildman–Crippen LogP) is 2.66. The molecule has 3 rings (SSSR count). The lowest BCUT2D eigenvalue weighted by Gasteiger charge is -2.37. The van der Waals surface area contributed by atoms with Gasteiger partial charge in [-0.05, 0) is 19.4 Å². The van der Waals surface area contributed by atoms with Gasteiger partial charge in [-0.1, -0.05) is 19.0 Å². The van der Waals surface area contributed by atoms with Crippen molar-refractivity contribution >= 4 is 5.91 Å². The van der Waals surface area contributed by atoms with E-state index in [1.165, 1.54) is 0 Å². The Kier molecular flexibility index (Phi) is 5.36. The Balaban J connectivity index is 1.54. The van der Waals surface area contributed by atoms with Crippen molar-refractivity contribution in [2.75, 3.05) is 26.2 Å². The Hall–Kier alpha value is -1.57. The predicted molar refractivity (Wildman–Crippen MR) is 87.1 cm³/mol. The van der Waals surface area contributed by atoms with Crippen molar-refractivity contribution < 1.29 is 18.1 Å². The Morgan fingerprint density at radius 1 is 1.32 bits per heavy atom. The molecular formula is C17H26F2N4O2. The Morgan fingerprint density at radius 2 is 2.04 bits per heavy atom. The maximum atomic E-state index is 13.3. The number of hydrogen-bond acceptors (Lipinski definition) is 5. The summed E-state index contributed by atoms with van der Waals surface area (Å²) in [4.78, 5) is 20.8. The molecule has 25 heavy (non-hydrogen) atoms. The zero-order chi connectivity index (χ0) is 18.0. The van der Waals surface area contributed by atoms with Crippen molar-refractivity contribution in [3.05, 3.63) is 11.7 Å². The van der Waals surface area contributed by atoms with Crippen molar-refractivity contribution in [1.29, 1.82) is 0 Å². The van der Waals surface area contributed by atoms with E-state index in [2.05, 4.69) is 15.0 Å². The topological polar surface area (TPSA) is 62.5 Å². The van der Waals surface area contributed by atoms with E-state index in [0.29, 0.717) is 24.8 Å². The number of rotatable bonds is 4. The van der Waals surface area contributed by atoms with Gasteiger partial charge in [0.05, 0.1) is 12.5 Å². The van der Waals surface area contributed by atoms with Crippen LogP contribution < -0.4 is 0 Å². The van der Waals surface area contributed by atoms with Crippen molar-refractivity contribution in [1.82, 2.24) is 19.9 Å². The first-order valence-corrected chi connectivity index (χ1v) is 9.05. The second kappa shape index (κ2) is 7.35. The third-order valence-corrected chi connectivity index (χ3v) is 5.02. The number of halogens is 2. The van der Waals surface area contributed by atoms with Gasteiger partial charge in [-0.15, -0.1) is 0 Å². The van der Waals surface area contributed by atoms with Crippen LogP contribution in [-0.4, -0.2) is 57.9 Å². The number of aromatic nitrogens is 2. The molecular weight excluding hydrogens is 330 g/mol. The summed E-state index contributed by atoms with van der Waals surface area (Å²) in [5.41, 5.74) is 0. The molecule has 8 heteroatoms. The summed E-state index contributed by atoms with van der Waals surface area (Å²) in [6.07, 6.45) is 1.26. The molecule has 2 aliphatic heterocycles. The first kappa shape index (κ1) is 18.2. The Bertz CT molecular complexity index is 595. The van der Waals surface area contributed by atoms with Crippen LogP contribution in [0.3, 0.4) is 0 Å². The summed E-state index contributed by atoms with van der Waals surface area (Å²) < 4.78 is 31.8. The average Bonchev–Trinajstić information content (AvgIpc) is 3.03. The maximum absolute atomic E-state index is 13.3. The first-order chi connectivity index (χ1) is 11.8. The van der Waals surface area contributed by atoms with E-state index in [0.717, 1.165) is 19.4 Å². The van der Waals surface area contributed by atoms with E-state index in [1.54, 1.807) is 4.90 Å². The zero-order valence-corrected chi connectivity index (χ0v) is 14.9. The molecule has 3 heterocycles. The number of hydrogen-bond donors (Lipinski definition) is 0. The van der Waals surface area contributed by atoms with Crippen LogP contribution in [0, 0.1) is 5.92 Å². The van der Waals surface area contributed by atoms with Crippen LogP contribution in [0.4, 0.5) is 8.78 Å². The van der Waals surface area contributed by atoms with Crippen LogP contribution in [-0.2, 0) is 11.3 Å². The van der Waals surface area contributed by atoms with Crippen LogP contribution in [0.15, 0.2) is 4.52 Å². The molecule has 1 atom stereocenters. The van der Waals surface area contributed by atoms with E-state index >= 15 is 0 Å². The average molecular weight is 356 g/mol. The highest BCUT2D eigenvalue weighted by Crippen LogP contribution is 2.29. The number of amides is 1. The van der Waals surface area contributed by atoms with Gasteiger partial charge in [-0.3, -0.25) is 9.69 Å². The summed E-state index contributed by atoms with van der Waals surface area (Å²) >= 11 is 0. The Morgan fingerprint density at radius 3 is 2.68 bits per heavy atom. The maximum Gasteiger partial charge on any atom is 0.251 e. The summed E-state index contributed by atoms with van der Waals surface area (Å²) in [5, 5.41) is 3.96. The molecule has 2 saturated heterocycles. The Labute approximate surface area is 146 Å². The van der Waals surface area contributed by atoms with Crippen molar-refractivity contribution in [3.8, 4) is 0 Å². The van der Waals surface area contributed by atoms with Crippen LogP contribution in [0.2, 0.25) is 0 Å². The fourth-order valence-electron chi connectivity index (χ4n) is 3.47. The normalized spacial score (nSPS) is 24.7. The lowest BCUT2D eigenvalue weighted by atomic mass is 9.95. The lowest BCUT2D eigenvalue weighted by Crippen LogP contribution is -2.48. The van der Waals surface area contributed by atoms with Gasteiger partial charge in [-0.2, -0.15) is 4.98 Å². The zero-order valence-electron chi connectivity index (χ0n) is 14.9. The van der Waals surface area contributed by atoms with Gasteiger partial charge in [-0.25, -0.2) is 8.78 Å². The van der Waals surface area contributed by atoms with Crippen LogP contribution >= 0.6 is 0 Å². The van der Waals surface area contributed by atoms with E-state index in [-0.39, 0.29) is 43.7 Å². The molecule has 1 unspecified atom stereocenters. The van der Waals surface area contributed by atoms with Crippen LogP contribution in [0.5, 0.6) is 0 Å². The molecule has 6 nitrogen and oxygen atoms in total. The molecule has 140 valence electrons. The van der Waals surface area contributed by atoms with Gasteiger partial charge >= 0.3 is 0 Å². The standard InChI is InChI=1S/C17H26F2N4O2/c1-12(2)15-20-14(25-21-15)11-22-7-3-4-13(10-22)16(24)23-8-5-17(18,19)6-9-23/h12-13H,3-11H2,1-2H3. The number of piperidine rings is 2. The molecule has 0 radical (unpaired) electrons.